The van der Waals surface area contributed by atoms with Gasteiger partial charge in [-0.25, -0.2) is 17.1 Å². The monoisotopic (exact) mass is 392 g/mol. The first kappa shape index (κ1) is 21.1. The van der Waals surface area contributed by atoms with Crippen LogP contribution in [0.15, 0.2) is 48.5 Å². The van der Waals surface area contributed by atoms with Crippen LogP contribution in [0.2, 0.25) is 0 Å². The van der Waals surface area contributed by atoms with E-state index in [1.54, 1.807) is 12.1 Å². The molecule has 0 unspecified atom stereocenters. The summed E-state index contributed by atoms with van der Waals surface area (Å²) in [5.41, 5.74) is 2.96. The number of amides is 1. The molecular formula is C20H25FN2O3S. The number of rotatable bonds is 9. The molecule has 0 aromatic heterocycles. The van der Waals surface area contributed by atoms with Crippen LogP contribution in [0.25, 0.3) is 0 Å². The summed E-state index contributed by atoms with van der Waals surface area (Å²) < 4.78 is 38.2. The molecule has 27 heavy (non-hydrogen) atoms. The van der Waals surface area contributed by atoms with E-state index in [0.717, 1.165) is 22.9 Å². The number of carbonyl (C=O) groups excluding carboxylic acids is 1. The number of nitrogens with one attached hydrogen (secondary N) is 1. The van der Waals surface area contributed by atoms with Crippen LogP contribution < -0.4 is 5.32 Å². The zero-order valence-corrected chi connectivity index (χ0v) is 16.4. The molecule has 0 aliphatic rings. The number of hydrogen-bond donors (Lipinski definition) is 1. The molecule has 2 aromatic rings. The lowest BCUT2D eigenvalue weighted by molar-refractivity contribution is -0.121. The third-order valence-electron chi connectivity index (χ3n) is 4.19. The summed E-state index contributed by atoms with van der Waals surface area (Å²) >= 11 is 0. The Bertz CT molecular complexity index is 867. The Morgan fingerprint density at radius 1 is 1.07 bits per heavy atom. The molecule has 0 atom stereocenters. The minimum Gasteiger partial charge on any atom is -0.352 e. The van der Waals surface area contributed by atoms with Crippen molar-refractivity contribution in [1.82, 2.24) is 9.62 Å². The van der Waals surface area contributed by atoms with E-state index in [1.807, 2.05) is 31.2 Å². The van der Waals surface area contributed by atoms with Crippen LogP contribution in [0.5, 0.6) is 0 Å². The maximum Gasteiger partial charge on any atom is 0.221 e. The van der Waals surface area contributed by atoms with Crippen LogP contribution in [0.4, 0.5) is 4.39 Å². The van der Waals surface area contributed by atoms with Gasteiger partial charge >= 0.3 is 0 Å². The number of halogens is 1. The van der Waals surface area contributed by atoms with E-state index in [2.05, 4.69) is 5.32 Å². The van der Waals surface area contributed by atoms with Crippen molar-refractivity contribution in [1.29, 1.82) is 0 Å². The summed E-state index contributed by atoms with van der Waals surface area (Å²) in [4.78, 5) is 12.1. The highest BCUT2D eigenvalue weighted by Crippen LogP contribution is 2.08. The second-order valence-corrected chi connectivity index (χ2v) is 8.54. The van der Waals surface area contributed by atoms with E-state index in [0.29, 0.717) is 13.0 Å². The summed E-state index contributed by atoms with van der Waals surface area (Å²) in [6, 6.07) is 13.8. The van der Waals surface area contributed by atoms with Gasteiger partial charge in [0.15, 0.2) is 0 Å². The Morgan fingerprint density at radius 3 is 2.41 bits per heavy atom. The van der Waals surface area contributed by atoms with Crippen molar-refractivity contribution in [3.8, 4) is 0 Å². The third-order valence-corrected chi connectivity index (χ3v) is 5.50. The first-order valence-corrected chi connectivity index (χ1v) is 10.6. The Labute approximate surface area is 160 Å². The van der Waals surface area contributed by atoms with Gasteiger partial charge in [-0.05, 0) is 36.6 Å². The van der Waals surface area contributed by atoms with Crippen LogP contribution in [0.3, 0.4) is 0 Å². The number of sulfonamides is 1. The van der Waals surface area contributed by atoms with Crippen LogP contribution in [0.1, 0.15) is 23.1 Å². The third kappa shape index (κ3) is 7.48. The lowest BCUT2D eigenvalue weighted by atomic mass is 10.1. The van der Waals surface area contributed by atoms with Crippen molar-refractivity contribution in [2.45, 2.75) is 26.3 Å². The van der Waals surface area contributed by atoms with E-state index >= 15 is 0 Å². The zero-order chi connectivity index (χ0) is 19.9. The van der Waals surface area contributed by atoms with E-state index in [1.165, 1.54) is 16.4 Å². The van der Waals surface area contributed by atoms with Crippen molar-refractivity contribution in [2.24, 2.45) is 0 Å². The first-order chi connectivity index (χ1) is 12.7. The standard InChI is InChI=1S/C20H25FN2O3S/c1-16-4-3-5-18(14-16)15-22-20(24)11-13-23(27(2,25)26)12-10-17-6-8-19(21)9-7-17/h3-9,14H,10-13,15H2,1-2H3,(H,22,24). The van der Waals surface area contributed by atoms with Gasteiger partial charge in [-0.15, -0.1) is 0 Å². The quantitative estimate of drug-likeness (QED) is 0.713. The summed E-state index contributed by atoms with van der Waals surface area (Å²) in [6.45, 7) is 2.75. The Hall–Kier alpha value is -2.25. The van der Waals surface area contributed by atoms with Gasteiger partial charge in [-0.2, -0.15) is 0 Å². The van der Waals surface area contributed by atoms with Crippen molar-refractivity contribution >= 4 is 15.9 Å². The Morgan fingerprint density at radius 2 is 1.78 bits per heavy atom. The molecule has 0 fully saturated rings. The van der Waals surface area contributed by atoms with Gasteiger partial charge in [0.05, 0.1) is 6.26 Å². The topological polar surface area (TPSA) is 66.5 Å². The van der Waals surface area contributed by atoms with Gasteiger partial charge in [-0.3, -0.25) is 4.79 Å². The van der Waals surface area contributed by atoms with Crippen molar-refractivity contribution in [3.05, 3.63) is 71.0 Å². The average molecular weight is 392 g/mol. The summed E-state index contributed by atoms with van der Waals surface area (Å²) in [6.07, 6.45) is 1.67. The van der Waals surface area contributed by atoms with Gasteiger partial charge in [0, 0.05) is 26.1 Å². The van der Waals surface area contributed by atoms with Gasteiger partial charge in [0.2, 0.25) is 15.9 Å². The molecule has 0 spiro atoms. The fourth-order valence-electron chi connectivity index (χ4n) is 2.69. The van der Waals surface area contributed by atoms with Crippen molar-refractivity contribution in [3.63, 3.8) is 0 Å². The van der Waals surface area contributed by atoms with E-state index in [-0.39, 0.29) is 31.2 Å². The van der Waals surface area contributed by atoms with Crippen LogP contribution in [-0.4, -0.2) is 38.0 Å². The lowest BCUT2D eigenvalue weighted by Gasteiger charge is -2.19. The predicted octanol–water partition coefficient (Wildman–Crippen LogP) is 2.64. The van der Waals surface area contributed by atoms with Gasteiger partial charge in [-0.1, -0.05) is 42.0 Å². The number of hydrogen-bond acceptors (Lipinski definition) is 3. The molecule has 0 bridgehead atoms. The second-order valence-electron chi connectivity index (χ2n) is 6.55. The molecule has 0 aliphatic heterocycles. The summed E-state index contributed by atoms with van der Waals surface area (Å²) in [5.74, 6) is -0.532. The predicted molar refractivity (Wildman–Crippen MR) is 104 cm³/mol. The fourth-order valence-corrected chi connectivity index (χ4v) is 3.53. The van der Waals surface area contributed by atoms with Crippen molar-refractivity contribution in [2.75, 3.05) is 19.3 Å². The largest absolute Gasteiger partial charge is 0.352 e. The van der Waals surface area contributed by atoms with Gasteiger partial charge in [0.1, 0.15) is 5.82 Å². The average Bonchev–Trinajstić information content (AvgIpc) is 2.60. The molecule has 1 N–H and O–H groups in total. The van der Waals surface area contributed by atoms with E-state index in [4.69, 9.17) is 0 Å². The molecule has 0 aliphatic carbocycles. The molecule has 0 radical (unpaired) electrons. The van der Waals surface area contributed by atoms with Gasteiger partial charge < -0.3 is 5.32 Å². The highest BCUT2D eigenvalue weighted by atomic mass is 32.2. The lowest BCUT2D eigenvalue weighted by Crippen LogP contribution is -2.35. The first-order valence-electron chi connectivity index (χ1n) is 8.76. The fraction of sp³-hybridized carbons (Fsp3) is 0.350. The zero-order valence-electron chi connectivity index (χ0n) is 15.6. The smallest absolute Gasteiger partial charge is 0.221 e. The number of aryl methyl sites for hydroxylation is 1. The SMILES string of the molecule is Cc1cccc(CNC(=O)CCN(CCc2ccc(F)cc2)S(C)(=O)=O)c1. The highest BCUT2D eigenvalue weighted by molar-refractivity contribution is 7.88. The molecule has 0 saturated carbocycles. The summed E-state index contributed by atoms with van der Waals surface area (Å²) in [7, 11) is -3.43. The van der Waals surface area contributed by atoms with Crippen molar-refractivity contribution < 1.29 is 17.6 Å². The molecule has 5 nitrogen and oxygen atoms in total. The minimum absolute atomic E-state index is 0.0856. The number of benzene rings is 2. The van der Waals surface area contributed by atoms with Gasteiger partial charge in [0.25, 0.3) is 0 Å². The molecule has 2 aromatic carbocycles. The normalized spacial score (nSPS) is 11.6. The molecule has 0 heterocycles. The Balaban J connectivity index is 1.84. The maximum atomic E-state index is 13.0. The molecule has 146 valence electrons. The Kier molecular flexibility index (Phi) is 7.50. The van der Waals surface area contributed by atoms with E-state index in [9.17, 15) is 17.6 Å². The molecular weight excluding hydrogens is 367 g/mol. The summed E-state index contributed by atoms with van der Waals surface area (Å²) in [5, 5.41) is 2.81. The van der Waals surface area contributed by atoms with Crippen LogP contribution >= 0.6 is 0 Å². The number of nitrogens with zero attached hydrogens (tertiary/aromatic N) is 1. The van der Waals surface area contributed by atoms with Crippen LogP contribution in [-0.2, 0) is 27.8 Å². The minimum atomic E-state index is -3.43. The molecule has 0 saturated heterocycles. The number of carbonyl (C=O) groups is 1. The second kappa shape index (κ2) is 9.62. The van der Waals surface area contributed by atoms with Crippen LogP contribution in [0, 0.1) is 12.7 Å². The molecule has 7 heteroatoms. The maximum absolute atomic E-state index is 13.0. The van der Waals surface area contributed by atoms with E-state index < -0.39 is 10.0 Å². The molecule has 2 rings (SSSR count). The highest BCUT2D eigenvalue weighted by Gasteiger charge is 2.17. The molecule has 1 amide bonds.